The summed E-state index contributed by atoms with van der Waals surface area (Å²) in [6.07, 6.45) is 2.55. The average molecular weight is 299 g/mol. The fourth-order valence-corrected chi connectivity index (χ4v) is 4.95. The first-order valence-corrected chi connectivity index (χ1v) is 9.47. The molecule has 0 radical (unpaired) electrons. The molecule has 0 aliphatic rings. The van der Waals surface area contributed by atoms with Gasteiger partial charge in [-0.25, -0.2) is 0 Å². The second kappa shape index (κ2) is 8.97. The van der Waals surface area contributed by atoms with E-state index in [0.717, 1.165) is 13.1 Å². The second-order valence-electron chi connectivity index (χ2n) is 5.20. The molecule has 0 unspecified atom stereocenters. The highest BCUT2D eigenvalue weighted by Gasteiger charge is 2.13. The molecule has 2 heteroatoms. The van der Waals surface area contributed by atoms with Crippen LogP contribution in [0, 0.1) is 0 Å². The van der Waals surface area contributed by atoms with Crippen LogP contribution in [0.2, 0.25) is 0 Å². The van der Waals surface area contributed by atoms with Crippen molar-refractivity contribution >= 4 is 18.5 Å². The van der Waals surface area contributed by atoms with Gasteiger partial charge in [-0.2, -0.15) is 0 Å². The lowest BCUT2D eigenvalue weighted by Gasteiger charge is -2.22. The molecule has 2 aromatic carbocycles. The van der Waals surface area contributed by atoms with Gasteiger partial charge >= 0.3 is 0 Å². The smallest absolute Gasteiger partial charge is 0.00154 e. The third kappa shape index (κ3) is 4.95. The van der Waals surface area contributed by atoms with Crippen LogP contribution in [0.5, 0.6) is 0 Å². The maximum absolute atomic E-state index is 2.52. The summed E-state index contributed by atoms with van der Waals surface area (Å²) in [6, 6.07) is 22.0. The Balaban J connectivity index is 2.07. The number of hydrogen-bond acceptors (Lipinski definition) is 1. The molecule has 21 heavy (non-hydrogen) atoms. The lowest BCUT2D eigenvalue weighted by atomic mass is 10.4. The van der Waals surface area contributed by atoms with Crippen molar-refractivity contribution in [3.63, 3.8) is 0 Å². The van der Waals surface area contributed by atoms with E-state index in [2.05, 4.69) is 79.4 Å². The van der Waals surface area contributed by atoms with Gasteiger partial charge in [0.25, 0.3) is 0 Å². The van der Waals surface area contributed by atoms with E-state index in [1.807, 2.05) is 0 Å². The Hall–Kier alpha value is -1.17. The molecule has 2 aromatic rings. The van der Waals surface area contributed by atoms with Gasteiger partial charge in [0.1, 0.15) is 0 Å². The molecule has 0 amide bonds. The topological polar surface area (TPSA) is 3.24 Å². The zero-order valence-corrected chi connectivity index (χ0v) is 14.1. The fraction of sp³-hybridized carbons (Fsp3) is 0.368. The second-order valence-corrected chi connectivity index (χ2v) is 7.54. The minimum absolute atomic E-state index is 0.218. The van der Waals surface area contributed by atoms with E-state index in [4.69, 9.17) is 0 Å². The molecule has 0 aromatic heterocycles. The summed E-state index contributed by atoms with van der Waals surface area (Å²) in [7, 11) is -0.218. The van der Waals surface area contributed by atoms with Crippen molar-refractivity contribution in [1.29, 1.82) is 0 Å². The van der Waals surface area contributed by atoms with Gasteiger partial charge in [-0.1, -0.05) is 74.5 Å². The van der Waals surface area contributed by atoms with E-state index in [-0.39, 0.29) is 7.92 Å². The standard InChI is InChI=1S/C19H26NP/c1-3-20(4-2)16-11-17-21(18-12-7-5-8-13-18)19-14-9-6-10-15-19/h5-10,12-15H,3-4,11,16-17H2,1-2H3. The largest absolute Gasteiger partial charge is 0.304 e. The molecule has 0 atom stereocenters. The van der Waals surface area contributed by atoms with Gasteiger partial charge < -0.3 is 4.90 Å². The highest BCUT2D eigenvalue weighted by molar-refractivity contribution is 7.73. The Bertz CT molecular complexity index is 454. The molecular weight excluding hydrogens is 273 g/mol. The minimum Gasteiger partial charge on any atom is -0.304 e. The third-order valence-corrected chi connectivity index (χ3v) is 6.49. The Morgan fingerprint density at radius 2 is 1.24 bits per heavy atom. The van der Waals surface area contributed by atoms with E-state index >= 15 is 0 Å². The Kier molecular flexibility index (Phi) is 6.92. The maximum Gasteiger partial charge on any atom is -0.00154 e. The zero-order chi connectivity index (χ0) is 14.9. The quantitative estimate of drug-likeness (QED) is 0.669. The summed E-state index contributed by atoms with van der Waals surface area (Å²) >= 11 is 0. The van der Waals surface area contributed by atoms with Gasteiger partial charge in [0, 0.05) is 0 Å². The monoisotopic (exact) mass is 299 g/mol. The molecule has 0 saturated heterocycles. The van der Waals surface area contributed by atoms with Crippen LogP contribution < -0.4 is 10.6 Å². The molecule has 0 saturated carbocycles. The van der Waals surface area contributed by atoms with Crippen LogP contribution in [-0.4, -0.2) is 30.7 Å². The van der Waals surface area contributed by atoms with Crippen LogP contribution >= 0.6 is 7.92 Å². The molecule has 0 heterocycles. The third-order valence-electron chi connectivity index (χ3n) is 3.89. The molecule has 0 aliphatic carbocycles. The SMILES string of the molecule is CCN(CC)CCCP(c1ccccc1)c1ccccc1. The van der Waals surface area contributed by atoms with E-state index < -0.39 is 0 Å². The van der Waals surface area contributed by atoms with E-state index in [0.29, 0.717) is 0 Å². The van der Waals surface area contributed by atoms with Crippen molar-refractivity contribution in [1.82, 2.24) is 4.90 Å². The van der Waals surface area contributed by atoms with Gasteiger partial charge in [-0.15, -0.1) is 0 Å². The molecule has 0 N–H and O–H groups in total. The first-order chi connectivity index (χ1) is 10.3. The first-order valence-electron chi connectivity index (χ1n) is 7.95. The normalized spacial score (nSPS) is 11.2. The number of hydrogen-bond donors (Lipinski definition) is 0. The van der Waals surface area contributed by atoms with Crippen molar-refractivity contribution in [3.05, 3.63) is 60.7 Å². The summed E-state index contributed by atoms with van der Waals surface area (Å²) < 4.78 is 0. The Labute approximate surface area is 130 Å². The van der Waals surface area contributed by atoms with Gasteiger partial charge in [0.05, 0.1) is 0 Å². The van der Waals surface area contributed by atoms with Crippen LogP contribution in [0.3, 0.4) is 0 Å². The van der Waals surface area contributed by atoms with Crippen LogP contribution in [0.1, 0.15) is 20.3 Å². The molecule has 112 valence electrons. The van der Waals surface area contributed by atoms with Gasteiger partial charge in [0.15, 0.2) is 0 Å². The zero-order valence-electron chi connectivity index (χ0n) is 13.2. The number of benzene rings is 2. The summed E-state index contributed by atoms with van der Waals surface area (Å²) in [6.45, 7) is 8.03. The first kappa shape index (κ1) is 16.2. The fourth-order valence-electron chi connectivity index (χ4n) is 2.62. The van der Waals surface area contributed by atoms with E-state index in [1.54, 1.807) is 0 Å². The lowest BCUT2D eigenvalue weighted by Crippen LogP contribution is -2.25. The van der Waals surface area contributed by atoms with Crippen molar-refractivity contribution in [3.8, 4) is 0 Å². The Morgan fingerprint density at radius 1 is 0.762 bits per heavy atom. The van der Waals surface area contributed by atoms with Crippen LogP contribution in [0.4, 0.5) is 0 Å². The maximum atomic E-state index is 2.52. The molecule has 0 fully saturated rings. The van der Waals surface area contributed by atoms with Crippen LogP contribution in [0.25, 0.3) is 0 Å². The van der Waals surface area contributed by atoms with E-state index in [9.17, 15) is 0 Å². The van der Waals surface area contributed by atoms with E-state index in [1.165, 1.54) is 29.7 Å². The molecule has 0 aliphatic heterocycles. The molecule has 0 spiro atoms. The molecule has 0 bridgehead atoms. The van der Waals surface area contributed by atoms with Crippen molar-refractivity contribution in [2.45, 2.75) is 20.3 Å². The molecule has 2 rings (SSSR count). The summed E-state index contributed by atoms with van der Waals surface area (Å²) in [5, 5.41) is 3.00. The van der Waals surface area contributed by atoms with Crippen molar-refractivity contribution in [2.24, 2.45) is 0 Å². The lowest BCUT2D eigenvalue weighted by molar-refractivity contribution is 0.305. The minimum atomic E-state index is -0.218. The highest BCUT2D eigenvalue weighted by Crippen LogP contribution is 2.34. The van der Waals surface area contributed by atoms with Gasteiger partial charge in [0.2, 0.25) is 0 Å². The molecular formula is C19H26NP. The predicted octanol–water partition coefficient (Wildman–Crippen LogP) is 3.85. The van der Waals surface area contributed by atoms with Crippen LogP contribution in [-0.2, 0) is 0 Å². The number of rotatable bonds is 8. The van der Waals surface area contributed by atoms with Crippen molar-refractivity contribution < 1.29 is 0 Å². The Morgan fingerprint density at radius 3 is 1.67 bits per heavy atom. The summed E-state index contributed by atoms with van der Waals surface area (Å²) in [4.78, 5) is 2.52. The van der Waals surface area contributed by atoms with Gasteiger partial charge in [-0.3, -0.25) is 0 Å². The van der Waals surface area contributed by atoms with Crippen molar-refractivity contribution in [2.75, 3.05) is 25.8 Å². The number of nitrogens with zero attached hydrogens (tertiary/aromatic N) is 1. The predicted molar refractivity (Wildman–Crippen MR) is 96.3 cm³/mol. The molecule has 1 nitrogen and oxygen atoms in total. The summed E-state index contributed by atoms with van der Waals surface area (Å²) in [5.74, 6) is 0. The average Bonchev–Trinajstić information content (AvgIpc) is 2.57. The van der Waals surface area contributed by atoms with Crippen LogP contribution in [0.15, 0.2) is 60.7 Å². The highest BCUT2D eigenvalue weighted by atomic mass is 31.1. The van der Waals surface area contributed by atoms with Gasteiger partial charge in [-0.05, 0) is 50.7 Å². The summed E-state index contributed by atoms with van der Waals surface area (Å²) in [5.41, 5.74) is 0.